The van der Waals surface area contributed by atoms with Crippen LogP contribution in [0.3, 0.4) is 0 Å². The highest BCUT2D eigenvalue weighted by Crippen LogP contribution is 2.12. The molecule has 114 valence electrons. The van der Waals surface area contributed by atoms with Crippen LogP contribution in [0.15, 0.2) is 54.4 Å². The maximum absolute atomic E-state index is 11.6. The van der Waals surface area contributed by atoms with Gasteiger partial charge in [-0.15, -0.1) is 0 Å². The van der Waals surface area contributed by atoms with Crippen molar-refractivity contribution < 1.29 is 9.53 Å². The summed E-state index contributed by atoms with van der Waals surface area (Å²) in [6.07, 6.45) is 8.98. The first-order chi connectivity index (χ1) is 11.2. The number of rotatable bonds is 5. The predicted octanol–water partition coefficient (Wildman–Crippen LogP) is 3.72. The number of hydrogen-bond acceptors (Lipinski definition) is 4. The van der Waals surface area contributed by atoms with E-state index in [0.29, 0.717) is 0 Å². The van der Waals surface area contributed by atoms with Crippen molar-refractivity contribution in [3.63, 3.8) is 0 Å². The van der Waals surface area contributed by atoms with Gasteiger partial charge in [-0.2, -0.15) is 5.26 Å². The summed E-state index contributed by atoms with van der Waals surface area (Å²) in [7, 11) is 0. The van der Waals surface area contributed by atoms with Gasteiger partial charge in [-0.25, -0.2) is 4.79 Å². The molecule has 0 aliphatic carbocycles. The Hall–Kier alpha value is -3.19. The zero-order chi connectivity index (χ0) is 16.5. The first-order valence-electron chi connectivity index (χ1n) is 7.20. The Labute approximate surface area is 135 Å². The summed E-state index contributed by atoms with van der Waals surface area (Å²) in [5.41, 5.74) is 2.86. The summed E-state index contributed by atoms with van der Waals surface area (Å²) in [5.74, 6) is -0.600. The molecule has 23 heavy (non-hydrogen) atoms. The second kappa shape index (κ2) is 8.30. The molecule has 0 atom stereocenters. The second-order valence-corrected chi connectivity index (χ2v) is 4.67. The molecule has 0 aliphatic rings. The number of carbonyl (C=O) groups excluding carboxylic acids is 1. The molecule has 0 radical (unpaired) electrons. The van der Waals surface area contributed by atoms with Gasteiger partial charge in [0.2, 0.25) is 0 Å². The fourth-order valence-electron chi connectivity index (χ4n) is 1.88. The third-order valence-electron chi connectivity index (χ3n) is 3.04. The van der Waals surface area contributed by atoms with Crippen molar-refractivity contribution in [2.75, 3.05) is 6.61 Å². The number of esters is 1. The third kappa shape index (κ3) is 4.94. The zero-order valence-electron chi connectivity index (χ0n) is 12.8. The van der Waals surface area contributed by atoms with Crippen molar-refractivity contribution in [2.45, 2.75) is 6.92 Å². The van der Waals surface area contributed by atoms with Crippen LogP contribution >= 0.6 is 0 Å². The second-order valence-electron chi connectivity index (χ2n) is 4.67. The number of aromatic nitrogens is 1. The Morgan fingerprint density at radius 1 is 1.09 bits per heavy atom. The molecular formula is C19H16N2O2. The zero-order valence-corrected chi connectivity index (χ0v) is 12.8. The molecule has 0 fully saturated rings. The summed E-state index contributed by atoms with van der Waals surface area (Å²) in [6, 6.07) is 13.2. The highest BCUT2D eigenvalue weighted by molar-refractivity contribution is 5.97. The molecule has 2 aromatic rings. The molecule has 0 bridgehead atoms. The van der Waals surface area contributed by atoms with Crippen LogP contribution in [-0.4, -0.2) is 17.6 Å². The Balaban J connectivity index is 2.12. The van der Waals surface area contributed by atoms with Gasteiger partial charge >= 0.3 is 5.97 Å². The standard InChI is InChI=1S/C19H16N2O2/c1-2-23-19(22)18(14-20)13-17-7-5-15(6-8-17)3-4-16-9-11-21-12-10-16/h3-13H,2H2,1H3/b4-3+,18-13-. The van der Waals surface area contributed by atoms with Crippen molar-refractivity contribution in [1.29, 1.82) is 5.26 Å². The van der Waals surface area contributed by atoms with Crippen LogP contribution in [0.25, 0.3) is 18.2 Å². The van der Waals surface area contributed by atoms with Crippen LogP contribution < -0.4 is 0 Å². The monoisotopic (exact) mass is 304 g/mol. The SMILES string of the molecule is CCOC(=O)/C(C#N)=C\c1ccc(/C=C/c2ccncc2)cc1. The maximum atomic E-state index is 11.6. The summed E-state index contributed by atoms with van der Waals surface area (Å²) in [5, 5.41) is 9.01. The van der Waals surface area contributed by atoms with Crippen molar-refractivity contribution in [3.05, 3.63) is 71.1 Å². The Bertz CT molecular complexity index is 754. The summed E-state index contributed by atoms with van der Waals surface area (Å²) in [4.78, 5) is 15.5. The topological polar surface area (TPSA) is 63.0 Å². The quantitative estimate of drug-likeness (QED) is 0.480. The van der Waals surface area contributed by atoms with Crippen LogP contribution in [0, 0.1) is 11.3 Å². The molecule has 0 saturated heterocycles. The minimum absolute atomic E-state index is 0.00747. The summed E-state index contributed by atoms with van der Waals surface area (Å²) in [6.45, 7) is 1.95. The van der Waals surface area contributed by atoms with E-state index in [2.05, 4.69) is 4.98 Å². The lowest BCUT2D eigenvalue weighted by Crippen LogP contribution is -2.05. The highest BCUT2D eigenvalue weighted by atomic mass is 16.5. The van der Waals surface area contributed by atoms with Crippen LogP contribution in [0.2, 0.25) is 0 Å². The van der Waals surface area contributed by atoms with Gasteiger partial charge in [-0.05, 0) is 41.8 Å². The highest BCUT2D eigenvalue weighted by Gasteiger charge is 2.09. The molecule has 2 rings (SSSR count). The summed E-state index contributed by atoms with van der Waals surface area (Å²) >= 11 is 0. The van der Waals surface area contributed by atoms with Gasteiger partial charge in [0.05, 0.1) is 6.61 Å². The normalized spacial score (nSPS) is 11.2. The molecule has 1 aromatic heterocycles. The van der Waals surface area contributed by atoms with Crippen molar-refractivity contribution in [1.82, 2.24) is 4.98 Å². The number of carbonyl (C=O) groups is 1. The Kier molecular flexibility index (Phi) is 5.84. The average Bonchev–Trinajstić information content (AvgIpc) is 2.60. The van der Waals surface area contributed by atoms with Crippen LogP contribution in [0.5, 0.6) is 0 Å². The number of pyridine rings is 1. The molecule has 0 unspecified atom stereocenters. The molecule has 0 spiro atoms. The Morgan fingerprint density at radius 3 is 2.22 bits per heavy atom. The fourth-order valence-corrected chi connectivity index (χ4v) is 1.88. The predicted molar refractivity (Wildman–Crippen MR) is 89.8 cm³/mol. The molecular weight excluding hydrogens is 288 g/mol. The van der Waals surface area contributed by atoms with Gasteiger partial charge in [0.1, 0.15) is 11.6 Å². The van der Waals surface area contributed by atoms with E-state index in [1.165, 1.54) is 6.08 Å². The van der Waals surface area contributed by atoms with Crippen molar-refractivity contribution in [3.8, 4) is 6.07 Å². The molecule has 1 aromatic carbocycles. The number of benzene rings is 1. The molecule has 4 heteroatoms. The largest absolute Gasteiger partial charge is 0.462 e. The van der Waals surface area contributed by atoms with Gasteiger partial charge in [-0.1, -0.05) is 36.4 Å². The van der Waals surface area contributed by atoms with E-state index < -0.39 is 5.97 Å². The van der Waals surface area contributed by atoms with E-state index in [9.17, 15) is 4.79 Å². The average molecular weight is 304 g/mol. The molecule has 0 aliphatic heterocycles. The van der Waals surface area contributed by atoms with E-state index in [0.717, 1.165) is 16.7 Å². The van der Waals surface area contributed by atoms with Gasteiger partial charge in [0.25, 0.3) is 0 Å². The van der Waals surface area contributed by atoms with Crippen molar-refractivity contribution >= 4 is 24.2 Å². The van der Waals surface area contributed by atoms with Gasteiger partial charge < -0.3 is 4.74 Å². The first kappa shape index (κ1) is 16.2. The van der Waals surface area contributed by atoms with Gasteiger partial charge in [-0.3, -0.25) is 4.98 Å². The Morgan fingerprint density at radius 2 is 1.65 bits per heavy atom. The number of nitrogens with zero attached hydrogens (tertiary/aromatic N) is 2. The van der Waals surface area contributed by atoms with E-state index in [1.807, 2.05) is 54.6 Å². The maximum Gasteiger partial charge on any atom is 0.348 e. The summed E-state index contributed by atoms with van der Waals surface area (Å²) < 4.78 is 4.83. The smallest absolute Gasteiger partial charge is 0.348 e. The molecule has 4 nitrogen and oxygen atoms in total. The molecule has 0 saturated carbocycles. The van der Waals surface area contributed by atoms with E-state index in [1.54, 1.807) is 19.3 Å². The van der Waals surface area contributed by atoms with Gasteiger partial charge in [0, 0.05) is 12.4 Å². The van der Waals surface area contributed by atoms with Crippen LogP contribution in [0.1, 0.15) is 23.6 Å². The molecule has 1 heterocycles. The minimum atomic E-state index is -0.600. The fraction of sp³-hybridized carbons (Fsp3) is 0.105. The number of nitriles is 1. The third-order valence-corrected chi connectivity index (χ3v) is 3.04. The van der Waals surface area contributed by atoms with Crippen LogP contribution in [0.4, 0.5) is 0 Å². The number of hydrogen-bond donors (Lipinski definition) is 0. The van der Waals surface area contributed by atoms with Crippen LogP contribution in [-0.2, 0) is 9.53 Å². The van der Waals surface area contributed by atoms with E-state index in [-0.39, 0.29) is 12.2 Å². The lowest BCUT2D eigenvalue weighted by Gasteiger charge is -2.00. The minimum Gasteiger partial charge on any atom is -0.462 e. The first-order valence-corrected chi connectivity index (χ1v) is 7.20. The molecule has 0 N–H and O–H groups in total. The molecule has 0 amide bonds. The van der Waals surface area contributed by atoms with Crippen molar-refractivity contribution in [2.24, 2.45) is 0 Å². The van der Waals surface area contributed by atoms with Gasteiger partial charge in [0.15, 0.2) is 0 Å². The van der Waals surface area contributed by atoms with E-state index in [4.69, 9.17) is 10.00 Å². The lowest BCUT2D eigenvalue weighted by atomic mass is 10.1. The van der Waals surface area contributed by atoms with E-state index >= 15 is 0 Å². The lowest BCUT2D eigenvalue weighted by molar-refractivity contribution is -0.137. The number of ether oxygens (including phenoxy) is 1.